The molecule has 1 amide bonds. The van der Waals surface area contributed by atoms with Crippen molar-refractivity contribution in [3.8, 4) is 5.75 Å². The van der Waals surface area contributed by atoms with Gasteiger partial charge < -0.3 is 14.7 Å². The number of hydrogen-bond acceptors (Lipinski definition) is 5. The molecule has 1 fully saturated rings. The summed E-state index contributed by atoms with van der Waals surface area (Å²) in [5.41, 5.74) is 0.833. The molecule has 2 atom stereocenters. The number of carbonyl (C=O) groups is 1. The maximum atomic E-state index is 12.2. The zero-order chi connectivity index (χ0) is 16.3. The first-order chi connectivity index (χ1) is 10.3. The molecule has 0 saturated carbocycles. The third-order valence-electron chi connectivity index (χ3n) is 3.52. The predicted octanol–water partition coefficient (Wildman–Crippen LogP) is -0.641. The van der Waals surface area contributed by atoms with Crippen molar-refractivity contribution in [1.82, 2.24) is 9.62 Å². The summed E-state index contributed by atoms with van der Waals surface area (Å²) < 4.78 is 29.8. The first-order valence-electron chi connectivity index (χ1n) is 6.84. The van der Waals surface area contributed by atoms with Crippen LogP contribution in [0.25, 0.3) is 0 Å². The van der Waals surface area contributed by atoms with Gasteiger partial charge in [0.15, 0.2) is 0 Å². The van der Waals surface area contributed by atoms with Gasteiger partial charge in [-0.3, -0.25) is 4.79 Å². The third kappa shape index (κ3) is 4.43. The van der Waals surface area contributed by atoms with Gasteiger partial charge in [-0.05, 0) is 17.7 Å². The molecule has 0 aromatic heterocycles. The quantitative estimate of drug-likeness (QED) is 0.749. The highest BCUT2D eigenvalue weighted by atomic mass is 32.2. The lowest BCUT2D eigenvalue weighted by atomic mass is 10.1. The number of rotatable bonds is 5. The average Bonchev–Trinajstić information content (AvgIpc) is 2.79. The fourth-order valence-corrected chi connectivity index (χ4v) is 3.19. The Labute approximate surface area is 129 Å². The maximum Gasteiger partial charge on any atom is 0.227 e. The van der Waals surface area contributed by atoms with Crippen LogP contribution in [-0.2, 0) is 21.2 Å². The minimum atomic E-state index is -3.42. The molecule has 2 rings (SSSR count). The Morgan fingerprint density at radius 2 is 2.00 bits per heavy atom. The van der Waals surface area contributed by atoms with E-state index in [9.17, 15) is 18.3 Å². The Bertz CT molecular complexity index is 629. The number of likely N-dealkylation sites (tertiary alicyclic amines) is 1. The number of aliphatic hydroxyl groups excluding tert-OH is 1. The molecule has 0 radical (unpaired) electrons. The average molecular weight is 328 g/mol. The Morgan fingerprint density at radius 3 is 2.55 bits per heavy atom. The van der Waals surface area contributed by atoms with Crippen LogP contribution >= 0.6 is 0 Å². The predicted molar refractivity (Wildman–Crippen MR) is 81.1 cm³/mol. The molecule has 0 bridgehead atoms. The van der Waals surface area contributed by atoms with Gasteiger partial charge in [0.2, 0.25) is 15.9 Å². The second kappa shape index (κ2) is 6.64. The summed E-state index contributed by atoms with van der Waals surface area (Å²) in [7, 11) is -1.85. The normalized spacial score (nSPS) is 21.9. The summed E-state index contributed by atoms with van der Waals surface area (Å²) in [4.78, 5) is 13.7. The van der Waals surface area contributed by atoms with E-state index in [0.29, 0.717) is 5.75 Å². The standard InChI is InChI=1S/C14H20N2O5S/c1-21-11-5-3-10(4-6-11)7-14(18)16-8-12(13(17)9-16)15-22(2,19)20/h3-6,12-13,15,17H,7-9H2,1-2H3/t12-,13-/m1/s1. The lowest BCUT2D eigenvalue weighted by Gasteiger charge is -2.16. The summed E-state index contributed by atoms with van der Waals surface area (Å²) in [6, 6.07) is 6.49. The van der Waals surface area contributed by atoms with Gasteiger partial charge >= 0.3 is 0 Å². The Morgan fingerprint density at radius 1 is 1.36 bits per heavy atom. The molecule has 8 heteroatoms. The highest BCUT2D eigenvalue weighted by Crippen LogP contribution is 2.15. The molecule has 1 aliphatic heterocycles. The first-order valence-corrected chi connectivity index (χ1v) is 8.73. The molecule has 1 heterocycles. The van der Waals surface area contributed by atoms with Crippen LogP contribution in [0.1, 0.15) is 5.56 Å². The topological polar surface area (TPSA) is 95.9 Å². The number of aliphatic hydroxyl groups is 1. The minimum Gasteiger partial charge on any atom is -0.497 e. The number of benzene rings is 1. The first kappa shape index (κ1) is 16.7. The smallest absolute Gasteiger partial charge is 0.227 e. The summed E-state index contributed by atoms with van der Waals surface area (Å²) in [5.74, 6) is 0.562. The number of hydrogen-bond donors (Lipinski definition) is 2. The number of amides is 1. The van der Waals surface area contributed by atoms with Crippen molar-refractivity contribution < 1.29 is 23.1 Å². The van der Waals surface area contributed by atoms with Crippen molar-refractivity contribution in [1.29, 1.82) is 0 Å². The SMILES string of the molecule is COc1ccc(CC(=O)N2C[C@@H](O)[C@H](NS(C)(=O)=O)C2)cc1. The zero-order valence-corrected chi connectivity index (χ0v) is 13.3. The molecule has 1 aliphatic rings. The van der Waals surface area contributed by atoms with Gasteiger partial charge in [-0.2, -0.15) is 0 Å². The maximum absolute atomic E-state index is 12.2. The van der Waals surface area contributed by atoms with E-state index in [1.807, 2.05) is 0 Å². The van der Waals surface area contributed by atoms with E-state index in [0.717, 1.165) is 11.8 Å². The van der Waals surface area contributed by atoms with E-state index in [2.05, 4.69) is 4.72 Å². The molecule has 1 saturated heterocycles. The van der Waals surface area contributed by atoms with Crippen molar-refractivity contribution >= 4 is 15.9 Å². The molecule has 0 aliphatic carbocycles. The van der Waals surface area contributed by atoms with E-state index in [1.165, 1.54) is 4.90 Å². The van der Waals surface area contributed by atoms with Crippen LogP contribution in [0.15, 0.2) is 24.3 Å². The van der Waals surface area contributed by atoms with Gasteiger partial charge in [0.05, 0.1) is 31.9 Å². The van der Waals surface area contributed by atoms with E-state index in [-0.39, 0.29) is 25.4 Å². The van der Waals surface area contributed by atoms with E-state index in [1.54, 1.807) is 31.4 Å². The van der Waals surface area contributed by atoms with Gasteiger partial charge in [-0.25, -0.2) is 13.1 Å². The number of methoxy groups -OCH3 is 1. The van der Waals surface area contributed by atoms with Crippen LogP contribution in [0, 0.1) is 0 Å². The monoisotopic (exact) mass is 328 g/mol. The van der Waals surface area contributed by atoms with Crippen molar-refractivity contribution in [3.05, 3.63) is 29.8 Å². The minimum absolute atomic E-state index is 0.127. The highest BCUT2D eigenvalue weighted by molar-refractivity contribution is 7.88. The molecular formula is C14H20N2O5S. The molecule has 0 spiro atoms. The van der Waals surface area contributed by atoms with Crippen LogP contribution in [0.3, 0.4) is 0 Å². The van der Waals surface area contributed by atoms with Crippen LogP contribution in [0.2, 0.25) is 0 Å². The molecule has 2 N–H and O–H groups in total. The largest absolute Gasteiger partial charge is 0.497 e. The molecule has 122 valence electrons. The molecule has 1 aromatic carbocycles. The van der Waals surface area contributed by atoms with Gasteiger partial charge in [0.25, 0.3) is 0 Å². The number of nitrogens with zero attached hydrogens (tertiary/aromatic N) is 1. The Balaban J connectivity index is 1.95. The van der Waals surface area contributed by atoms with Crippen molar-refractivity contribution in [3.63, 3.8) is 0 Å². The second-order valence-electron chi connectivity index (χ2n) is 5.39. The Hall–Kier alpha value is -1.64. The lowest BCUT2D eigenvalue weighted by molar-refractivity contribution is -0.129. The Kier molecular flexibility index (Phi) is 5.05. The summed E-state index contributed by atoms with van der Waals surface area (Å²) in [5, 5.41) is 9.87. The van der Waals surface area contributed by atoms with Crippen molar-refractivity contribution in [2.45, 2.75) is 18.6 Å². The number of sulfonamides is 1. The number of nitrogens with one attached hydrogen (secondary N) is 1. The van der Waals surface area contributed by atoms with E-state index in [4.69, 9.17) is 4.74 Å². The van der Waals surface area contributed by atoms with Crippen LogP contribution in [0.4, 0.5) is 0 Å². The molecular weight excluding hydrogens is 308 g/mol. The van der Waals surface area contributed by atoms with Gasteiger partial charge in [0, 0.05) is 13.1 Å². The van der Waals surface area contributed by atoms with Crippen molar-refractivity contribution in [2.24, 2.45) is 0 Å². The molecule has 7 nitrogen and oxygen atoms in total. The zero-order valence-electron chi connectivity index (χ0n) is 12.5. The summed E-state index contributed by atoms with van der Waals surface area (Å²) in [6.07, 6.45) is 0.332. The second-order valence-corrected chi connectivity index (χ2v) is 7.17. The fourth-order valence-electron chi connectivity index (χ4n) is 2.41. The highest BCUT2D eigenvalue weighted by Gasteiger charge is 2.35. The number of ether oxygens (including phenoxy) is 1. The van der Waals surface area contributed by atoms with Gasteiger partial charge in [0.1, 0.15) is 5.75 Å². The fraction of sp³-hybridized carbons (Fsp3) is 0.500. The third-order valence-corrected chi connectivity index (χ3v) is 4.25. The number of β-amino-alcohol motifs (C(OH)–C–C–N with tert-alkyl or cyclic N) is 1. The van der Waals surface area contributed by atoms with Crippen molar-refractivity contribution in [2.75, 3.05) is 26.5 Å². The van der Waals surface area contributed by atoms with Crippen LogP contribution in [0.5, 0.6) is 5.75 Å². The molecule has 0 unspecified atom stereocenters. The lowest BCUT2D eigenvalue weighted by Crippen LogP contribution is -2.42. The van der Waals surface area contributed by atoms with Crippen LogP contribution in [-0.4, -0.2) is 62.9 Å². The van der Waals surface area contributed by atoms with Gasteiger partial charge in [-0.15, -0.1) is 0 Å². The van der Waals surface area contributed by atoms with E-state index < -0.39 is 22.2 Å². The number of carbonyl (C=O) groups excluding carboxylic acids is 1. The molecule has 22 heavy (non-hydrogen) atoms. The summed E-state index contributed by atoms with van der Waals surface area (Å²) in [6.45, 7) is 0.297. The molecule has 1 aromatic rings. The van der Waals surface area contributed by atoms with E-state index >= 15 is 0 Å². The summed E-state index contributed by atoms with van der Waals surface area (Å²) >= 11 is 0. The van der Waals surface area contributed by atoms with Crippen LogP contribution < -0.4 is 9.46 Å². The van der Waals surface area contributed by atoms with Gasteiger partial charge in [-0.1, -0.05) is 12.1 Å².